The molecule has 0 bridgehead atoms. The van der Waals surface area contributed by atoms with Crippen LogP contribution in [0.2, 0.25) is 0 Å². The summed E-state index contributed by atoms with van der Waals surface area (Å²) < 4.78 is 21.3. The minimum absolute atomic E-state index is 0.0851. The Bertz CT molecular complexity index is 1240. The fourth-order valence-electron chi connectivity index (χ4n) is 3.79. The number of carboxylic acids is 1. The largest absolute Gasteiger partial charge is 0.514 e. The normalized spacial score (nSPS) is 17.2. The van der Waals surface area contributed by atoms with Gasteiger partial charge in [0.15, 0.2) is 5.76 Å². The van der Waals surface area contributed by atoms with Gasteiger partial charge in [-0.25, -0.2) is 14.8 Å². The molecule has 1 aliphatic carbocycles. The SMILES string of the molecule is Cc1noc(-c2cnc(OC3CCCC(C(=O)O)C3)cn2)c1COC(=O)Oc1ccc([N+](=O)[O-])cc1. The quantitative estimate of drug-likeness (QED) is 0.204. The second-order valence-electron chi connectivity index (χ2n) is 8.15. The molecule has 1 aliphatic rings. The van der Waals surface area contributed by atoms with Gasteiger partial charge in [-0.15, -0.1) is 0 Å². The van der Waals surface area contributed by atoms with E-state index in [0.29, 0.717) is 29.8 Å². The summed E-state index contributed by atoms with van der Waals surface area (Å²) in [5, 5.41) is 23.8. The van der Waals surface area contributed by atoms with E-state index in [9.17, 15) is 24.8 Å². The van der Waals surface area contributed by atoms with Crippen LogP contribution in [0.5, 0.6) is 11.6 Å². The molecule has 1 saturated carbocycles. The molecule has 4 rings (SSSR count). The zero-order valence-corrected chi connectivity index (χ0v) is 19.2. The molecule has 13 heteroatoms. The van der Waals surface area contributed by atoms with Crippen LogP contribution in [0.25, 0.3) is 11.5 Å². The molecule has 2 atom stereocenters. The Morgan fingerprint density at radius 2 is 1.97 bits per heavy atom. The number of carbonyl (C=O) groups excluding carboxylic acids is 1. The van der Waals surface area contributed by atoms with E-state index < -0.39 is 23.0 Å². The number of benzene rings is 1. The molecule has 2 aromatic heterocycles. The van der Waals surface area contributed by atoms with E-state index >= 15 is 0 Å². The summed E-state index contributed by atoms with van der Waals surface area (Å²) >= 11 is 0. The zero-order chi connectivity index (χ0) is 25.7. The van der Waals surface area contributed by atoms with Crippen LogP contribution in [0.4, 0.5) is 10.5 Å². The maximum Gasteiger partial charge on any atom is 0.514 e. The number of ether oxygens (including phenoxy) is 3. The Balaban J connectivity index is 1.36. The predicted molar refractivity (Wildman–Crippen MR) is 120 cm³/mol. The smallest absolute Gasteiger partial charge is 0.481 e. The molecule has 1 aromatic carbocycles. The number of non-ortho nitro benzene ring substituents is 1. The van der Waals surface area contributed by atoms with Gasteiger partial charge in [0, 0.05) is 12.1 Å². The highest BCUT2D eigenvalue weighted by atomic mass is 16.7. The summed E-state index contributed by atoms with van der Waals surface area (Å²) in [5.74, 6) is -0.657. The van der Waals surface area contributed by atoms with E-state index in [1.165, 1.54) is 36.7 Å². The lowest BCUT2D eigenvalue weighted by Crippen LogP contribution is -2.29. The maximum atomic E-state index is 12.1. The summed E-state index contributed by atoms with van der Waals surface area (Å²) in [7, 11) is 0. The Kier molecular flexibility index (Phi) is 7.37. The second kappa shape index (κ2) is 10.8. The van der Waals surface area contributed by atoms with Crippen LogP contribution in [0.3, 0.4) is 0 Å². The number of carboxylic acid groups (broad SMARTS) is 1. The van der Waals surface area contributed by atoms with Gasteiger partial charge in [0.25, 0.3) is 5.69 Å². The molecule has 36 heavy (non-hydrogen) atoms. The van der Waals surface area contributed by atoms with Gasteiger partial charge in [0.1, 0.15) is 24.2 Å². The highest BCUT2D eigenvalue weighted by Crippen LogP contribution is 2.29. The van der Waals surface area contributed by atoms with E-state index in [-0.39, 0.29) is 35.8 Å². The molecule has 0 saturated heterocycles. The Labute approximate surface area is 204 Å². The number of hydrogen-bond donors (Lipinski definition) is 1. The van der Waals surface area contributed by atoms with Gasteiger partial charge >= 0.3 is 12.1 Å². The number of nitrogens with zero attached hydrogens (tertiary/aromatic N) is 4. The number of nitro benzene ring substituents is 1. The molecule has 0 amide bonds. The summed E-state index contributed by atoms with van der Waals surface area (Å²) in [5.41, 5.74) is 1.12. The van der Waals surface area contributed by atoms with Crippen molar-refractivity contribution in [1.82, 2.24) is 15.1 Å². The fraction of sp³-hybridized carbons (Fsp3) is 0.348. The summed E-state index contributed by atoms with van der Waals surface area (Å²) in [6.45, 7) is 1.44. The van der Waals surface area contributed by atoms with Crippen molar-refractivity contribution in [3.05, 3.63) is 58.0 Å². The number of aromatic nitrogens is 3. The molecule has 2 unspecified atom stereocenters. The standard InChI is InChI=1S/C23H22N4O9/c1-13-18(12-33-23(30)35-16-7-5-15(6-8-16)27(31)32)21(36-26-13)19-10-25-20(11-24-19)34-17-4-2-3-14(9-17)22(28)29/h5-8,10-11,14,17H,2-4,9,12H2,1H3,(H,28,29). The van der Waals surface area contributed by atoms with Crippen molar-refractivity contribution in [3.63, 3.8) is 0 Å². The minimum atomic E-state index is -1.02. The van der Waals surface area contributed by atoms with E-state index in [1.807, 2.05) is 0 Å². The van der Waals surface area contributed by atoms with Crippen molar-refractivity contribution in [3.8, 4) is 23.1 Å². The second-order valence-corrected chi connectivity index (χ2v) is 8.15. The first kappa shape index (κ1) is 24.6. The average molecular weight is 498 g/mol. The van der Waals surface area contributed by atoms with Crippen molar-refractivity contribution < 1.29 is 38.4 Å². The Hall–Kier alpha value is -4.55. The van der Waals surface area contributed by atoms with Crippen LogP contribution < -0.4 is 9.47 Å². The number of nitro groups is 1. The average Bonchev–Trinajstić information content (AvgIpc) is 3.24. The predicted octanol–water partition coefficient (Wildman–Crippen LogP) is 4.09. The summed E-state index contributed by atoms with van der Waals surface area (Å²) in [6, 6.07) is 4.97. The molecule has 13 nitrogen and oxygen atoms in total. The van der Waals surface area contributed by atoms with Gasteiger partial charge in [0.2, 0.25) is 5.88 Å². The van der Waals surface area contributed by atoms with Crippen molar-refractivity contribution in [2.75, 3.05) is 0 Å². The van der Waals surface area contributed by atoms with Crippen LogP contribution in [0, 0.1) is 23.0 Å². The maximum absolute atomic E-state index is 12.1. The third-order valence-corrected chi connectivity index (χ3v) is 5.69. The van der Waals surface area contributed by atoms with Crippen LogP contribution in [-0.2, 0) is 16.1 Å². The fourth-order valence-corrected chi connectivity index (χ4v) is 3.79. The van der Waals surface area contributed by atoms with Crippen molar-refractivity contribution in [2.45, 2.75) is 45.3 Å². The first-order valence-electron chi connectivity index (χ1n) is 11.1. The number of aliphatic carboxylic acids is 1. The van der Waals surface area contributed by atoms with Crippen molar-refractivity contribution >= 4 is 17.8 Å². The summed E-state index contributed by atoms with van der Waals surface area (Å²) in [6.07, 6.45) is 4.12. The Morgan fingerprint density at radius 1 is 1.19 bits per heavy atom. The molecule has 2 heterocycles. The third-order valence-electron chi connectivity index (χ3n) is 5.69. The van der Waals surface area contributed by atoms with Crippen molar-refractivity contribution in [2.24, 2.45) is 5.92 Å². The first-order valence-corrected chi connectivity index (χ1v) is 11.1. The molecule has 188 valence electrons. The number of carbonyl (C=O) groups is 2. The molecule has 0 aliphatic heterocycles. The molecular weight excluding hydrogens is 476 g/mol. The minimum Gasteiger partial charge on any atom is -0.481 e. The highest BCUT2D eigenvalue weighted by Gasteiger charge is 2.28. The number of rotatable bonds is 8. The van der Waals surface area contributed by atoms with Gasteiger partial charge in [-0.05, 0) is 44.7 Å². The number of hydrogen-bond acceptors (Lipinski definition) is 11. The topological polar surface area (TPSA) is 177 Å². The summed E-state index contributed by atoms with van der Waals surface area (Å²) in [4.78, 5) is 42.0. The van der Waals surface area contributed by atoms with Crippen LogP contribution in [0.1, 0.15) is 36.9 Å². The van der Waals surface area contributed by atoms with E-state index in [4.69, 9.17) is 18.7 Å². The molecule has 1 fully saturated rings. The van der Waals surface area contributed by atoms with Crippen LogP contribution in [0.15, 0.2) is 41.2 Å². The molecule has 0 radical (unpaired) electrons. The van der Waals surface area contributed by atoms with E-state index in [0.717, 1.165) is 12.8 Å². The molecule has 1 N–H and O–H groups in total. The van der Waals surface area contributed by atoms with E-state index in [1.54, 1.807) is 6.92 Å². The monoisotopic (exact) mass is 498 g/mol. The van der Waals surface area contributed by atoms with Crippen molar-refractivity contribution in [1.29, 1.82) is 0 Å². The van der Waals surface area contributed by atoms with Crippen LogP contribution >= 0.6 is 0 Å². The highest BCUT2D eigenvalue weighted by molar-refractivity contribution is 5.70. The van der Waals surface area contributed by atoms with Gasteiger partial charge in [-0.1, -0.05) is 5.16 Å². The Morgan fingerprint density at radius 3 is 2.64 bits per heavy atom. The van der Waals surface area contributed by atoms with E-state index in [2.05, 4.69) is 15.1 Å². The number of aryl methyl sites for hydroxylation is 1. The zero-order valence-electron chi connectivity index (χ0n) is 19.2. The third kappa shape index (κ3) is 5.92. The molecule has 0 spiro atoms. The van der Waals surface area contributed by atoms with Gasteiger partial charge in [-0.3, -0.25) is 14.9 Å². The first-order chi connectivity index (χ1) is 17.3. The van der Waals surface area contributed by atoms with Gasteiger partial charge in [-0.2, -0.15) is 0 Å². The molecular formula is C23H22N4O9. The van der Waals surface area contributed by atoms with Crippen LogP contribution in [-0.4, -0.2) is 43.4 Å². The lowest BCUT2D eigenvalue weighted by atomic mass is 9.87. The molecule has 3 aromatic rings. The van der Waals surface area contributed by atoms with Gasteiger partial charge < -0.3 is 23.8 Å². The lowest BCUT2D eigenvalue weighted by molar-refractivity contribution is -0.384. The lowest BCUT2D eigenvalue weighted by Gasteiger charge is -2.26. The van der Waals surface area contributed by atoms with Gasteiger partial charge in [0.05, 0.1) is 34.5 Å².